The summed E-state index contributed by atoms with van der Waals surface area (Å²) >= 11 is 5.62. The van der Waals surface area contributed by atoms with E-state index >= 15 is 0 Å². The van der Waals surface area contributed by atoms with Crippen molar-refractivity contribution in [3.63, 3.8) is 0 Å². The van der Waals surface area contributed by atoms with E-state index in [1.807, 2.05) is 26.0 Å². The van der Waals surface area contributed by atoms with Gasteiger partial charge in [-0.1, -0.05) is 38.1 Å². The van der Waals surface area contributed by atoms with E-state index in [1.54, 1.807) is 0 Å². The van der Waals surface area contributed by atoms with Crippen LogP contribution in [0.15, 0.2) is 36.4 Å². The second kappa shape index (κ2) is 10.1. The van der Waals surface area contributed by atoms with Crippen LogP contribution in [0.25, 0.3) is 0 Å². The minimum atomic E-state index is -0.668. The molecular formula is C23H31ClO4. The van der Waals surface area contributed by atoms with Gasteiger partial charge in [0.2, 0.25) is 0 Å². The maximum absolute atomic E-state index is 9.58. The van der Waals surface area contributed by atoms with E-state index in [1.165, 1.54) is 11.1 Å². The van der Waals surface area contributed by atoms with Gasteiger partial charge in [-0.2, -0.15) is 0 Å². The van der Waals surface area contributed by atoms with Crippen LogP contribution in [0.1, 0.15) is 42.5 Å². The van der Waals surface area contributed by atoms with Gasteiger partial charge in [0.05, 0.1) is 12.5 Å². The summed E-state index contributed by atoms with van der Waals surface area (Å²) in [5.74, 6) is 1.77. The van der Waals surface area contributed by atoms with Gasteiger partial charge in [0.15, 0.2) is 0 Å². The lowest BCUT2D eigenvalue weighted by molar-refractivity contribution is 0.125. The Morgan fingerprint density at radius 2 is 1.50 bits per heavy atom. The molecule has 0 saturated carbocycles. The summed E-state index contributed by atoms with van der Waals surface area (Å²) < 4.78 is 11.4. The lowest BCUT2D eigenvalue weighted by Gasteiger charge is -2.28. The van der Waals surface area contributed by atoms with Gasteiger partial charge in [-0.15, -0.1) is 11.6 Å². The fourth-order valence-corrected chi connectivity index (χ4v) is 3.13. The SMILES string of the molecule is Cc1cc(C(C)(C)c2ccc(OC[C@@H](O)CCl)c(C)c2)ccc1OCCCO. The molecule has 0 fully saturated rings. The molecule has 0 aromatic heterocycles. The third-order valence-electron chi connectivity index (χ3n) is 4.96. The highest BCUT2D eigenvalue weighted by molar-refractivity contribution is 6.18. The third-order valence-corrected chi connectivity index (χ3v) is 5.32. The van der Waals surface area contributed by atoms with Crippen molar-refractivity contribution in [2.24, 2.45) is 0 Å². The molecule has 0 bridgehead atoms. The standard InChI is InChI=1S/C23H31ClO4/c1-16-12-18(6-8-21(16)27-11-5-10-25)23(3,4)19-7-9-22(17(2)13-19)28-15-20(26)14-24/h6-9,12-13,20,25-26H,5,10-11,14-15H2,1-4H3/t20-/m0/s1. The molecule has 0 saturated heterocycles. The zero-order valence-electron chi connectivity index (χ0n) is 17.2. The zero-order valence-corrected chi connectivity index (χ0v) is 17.9. The second-order valence-electron chi connectivity index (χ2n) is 7.63. The molecule has 0 unspecified atom stereocenters. The number of rotatable bonds is 10. The van der Waals surface area contributed by atoms with E-state index in [4.69, 9.17) is 26.2 Å². The topological polar surface area (TPSA) is 58.9 Å². The molecule has 0 aliphatic heterocycles. The molecule has 1 atom stereocenters. The maximum Gasteiger partial charge on any atom is 0.122 e. The Morgan fingerprint density at radius 1 is 0.964 bits per heavy atom. The molecular weight excluding hydrogens is 376 g/mol. The summed E-state index contributed by atoms with van der Waals surface area (Å²) in [4.78, 5) is 0. The van der Waals surface area contributed by atoms with Crippen LogP contribution in [0.2, 0.25) is 0 Å². The molecule has 0 amide bonds. The first kappa shape index (κ1) is 22.5. The van der Waals surface area contributed by atoms with Crippen LogP contribution < -0.4 is 9.47 Å². The summed E-state index contributed by atoms with van der Waals surface area (Å²) in [6.45, 7) is 9.27. The smallest absolute Gasteiger partial charge is 0.122 e. The maximum atomic E-state index is 9.58. The Labute approximate surface area is 173 Å². The van der Waals surface area contributed by atoms with Crippen molar-refractivity contribution in [3.05, 3.63) is 58.7 Å². The van der Waals surface area contributed by atoms with Crippen molar-refractivity contribution in [1.29, 1.82) is 0 Å². The van der Waals surface area contributed by atoms with Gasteiger partial charge >= 0.3 is 0 Å². The quantitative estimate of drug-likeness (QED) is 0.454. The number of hydrogen-bond acceptors (Lipinski definition) is 4. The predicted octanol–water partition coefficient (Wildman–Crippen LogP) is 4.37. The summed E-state index contributed by atoms with van der Waals surface area (Å²) in [6.07, 6.45) is -0.0410. The van der Waals surface area contributed by atoms with Gasteiger partial charge in [0.25, 0.3) is 0 Å². The second-order valence-corrected chi connectivity index (χ2v) is 7.94. The van der Waals surface area contributed by atoms with Crippen LogP contribution in [0.4, 0.5) is 0 Å². The fraction of sp³-hybridized carbons (Fsp3) is 0.478. The predicted molar refractivity (Wildman–Crippen MR) is 114 cm³/mol. The van der Waals surface area contributed by atoms with Crippen molar-refractivity contribution in [2.75, 3.05) is 25.7 Å². The van der Waals surface area contributed by atoms with Crippen LogP contribution in [0, 0.1) is 13.8 Å². The number of halogens is 1. The van der Waals surface area contributed by atoms with Crippen molar-refractivity contribution in [2.45, 2.75) is 45.6 Å². The van der Waals surface area contributed by atoms with Crippen molar-refractivity contribution in [1.82, 2.24) is 0 Å². The molecule has 0 aliphatic rings. The van der Waals surface area contributed by atoms with Crippen molar-refractivity contribution in [3.8, 4) is 11.5 Å². The average Bonchev–Trinajstić information content (AvgIpc) is 2.67. The number of aryl methyl sites for hydroxylation is 2. The van der Waals surface area contributed by atoms with E-state index < -0.39 is 6.10 Å². The minimum Gasteiger partial charge on any atom is -0.493 e. The van der Waals surface area contributed by atoms with Gasteiger partial charge in [-0.05, 0) is 48.2 Å². The van der Waals surface area contributed by atoms with Crippen molar-refractivity contribution < 1.29 is 19.7 Å². The van der Waals surface area contributed by atoms with Gasteiger partial charge in [0.1, 0.15) is 24.2 Å². The van der Waals surface area contributed by atoms with Crippen LogP contribution in [-0.2, 0) is 5.41 Å². The van der Waals surface area contributed by atoms with Crippen LogP contribution in [-0.4, -0.2) is 42.0 Å². The number of aliphatic hydroxyl groups excluding tert-OH is 2. The third kappa shape index (κ3) is 5.63. The number of benzene rings is 2. The molecule has 2 aromatic carbocycles. The Balaban J connectivity index is 2.19. The molecule has 154 valence electrons. The van der Waals surface area contributed by atoms with Crippen LogP contribution in [0.5, 0.6) is 11.5 Å². The first-order chi connectivity index (χ1) is 13.3. The first-order valence-electron chi connectivity index (χ1n) is 9.62. The zero-order chi connectivity index (χ0) is 20.7. The van der Waals surface area contributed by atoms with Gasteiger partial charge in [-0.25, -0.2) is 0 Å². The molecule has 0 radical (unpaired) electrons. The summed E-state index contributed by atoms with van der Waals surface area (Å²) in [6, 6.07) is 12.4. The van der Waals surface area contributed by atoms with Gasteiger partial charge in [-0.3, -0.25) is 0 Å². The first-order valence-corrected chi connectivity index (χ1v) is 10.2. The van der Waals surface area contributed by atoms with Crippen LogP contribution >= 0.6 is 11.6 Å². The van der Waals surface area contributed by atoms with E-state index in [9.17, 15) is 5.11 Å². The molecule has 28 heavy (non-hydrogen) atoms. The summed E-state index contributed by atoms with van der Waals surface area (Å²) in [5, 5.41) is 18.5. The largest absolute Gasteiger partial charge is 0.493 e. The average molecular weight is 407 g/mol. The van der Waals surface area contributed by atoms with Gasteiger partial charge < -0.3 is 19.7 Å². The Bertz CT molecular complexity index is 773. The molecule has 2 aromatic rings. The molecule has 0 aliphatic carbocycles. The molecule has 4 nitrogen and oxygen atoms in total. The minimum absolute atomic E-state index is 0.133. The van der Waals surface area contributed by atoms with E-state index in [0.717, 1.165) is 22.6 Å². The van der Waals surface area contributed by atoms with Crippen LogP contribution in [0.3, 0.4) is 0 Å². The molecule has 0 heterocycles. The van der Waals surface area contributed by atoms with Crippen molar-refractivity contribution >= 4 is 11.6 Å². The Morgan fingerprint density at radius 3 is 1.96 bits per heavy atom. The Kier molecular flexibility index (Phi) is 8.17. The Hall–Kier alpha value is -1.75. The highest BCUT2D eigenvalue weighted by atomic mass is 35.5. The molecule has 2 N–H and O–H groups in total. The highest BCUT2D eigenvalue weighted by Crippen LogP contribution is 2.35. The molecule has 0 spiro atoms. The molecule has 2 rings (SSSR count). The van der Waals surface area contributed by atoms with E-state index in [-0.39, 0.29) is 24.5 Å². The highest BCUT2D eigenvalue weighted by Gasteiger charge is 2.24. The summed E-state index contributed by atoms with van der Waals surface area (Å²) in [5.41, 5.74) is 4.30. The summed E-state index contributed by atoms with van der Waals surface area (Å²) in [7, 11) is 0. The fourth-order valence-electron chi connectivity index (χ4n) is 3.04. The number of aliphatic hydroxyl groups is 2. The normalized spacial score (nSPS) is 12.7. The number of alkyl halides is 1. The monoisotopic (exact) mass is 406 g/mol. The number of ether oxygens (including phenoxy) is 2. The molecule has 5 heteroatoms. The van der Waals surface area contributed by atoms with E-state index in [2.05, 4.69) is 38.1 Å². The number of hydrogen-bond donors (Lipinski definition) is 2. The van der Waals surface area contributed by atoms with Gasteiger partial charge in [0, 0.05) is 18.4 Å². The van der Waals surface area contributed by atoms with E-state index in [0.29, 0.717) is 13.0 Å². The lowest BCUT2D eigenvalue weighted by Crippen LogP contribution is -2.21. The lowest BCUT2D eigenvalue weighted by atomic mass is 9.77.